The van der Waals surface area contributed by atoms with E-state index in [-0.39, 0.29) is 0 Å². The minimum absolute atomic E-state index is 0.395. The lowest BCUT2D eigenvalue weighted by atomic mass is 9.91. The number of hydrogen-bond acceptors (Lipinski definition) is 2. The second-order valence-electron chi connectivity index (χ2n) is 5.91. The molecule has 118 valence electrons. The molecular formula is C19H30O2. The van der Waals surface area contributed by atoms with Crippen molar-refractivity contribution >= 4 is 6.08 Å². The van der Waals surface area contributed by atoms with Gasteiger partial charge in [0, 0.05) is 0 Å². The van der Waals surface area contributed by atoms with E-state index >= 15 is 0 Å². The van der Waals surface area contributed by atoms with E-state index in [0.29, 0.717) is 0 Å². The fraction of sp³-hybridized carbons (Fsp3) is 0.579. The van der Waals surface area contributed by atoms with Crippen LogP contribution in [0.5, 0.6) is 0 Å². The number of aliphatic hydroxyl groups is 2. The van der Waals surface area contributed by atoms with Gasteiger partial charge in [0.2, 0.25) is 0 Å². The van der Waals surface area contributed by atoms with Crippen molar-refractivity contribution in [1.29, 1.82) is 0 Å². The molecule has 1 rings (SSSR count). The molecule has 0 aliphatic carbocycles. The molecule has 2 N–H and O–H groups in total. The molecule has 2 heteroatoms. The Kier molecular flexibility index (Phi) is 7.69. The summed E-state index contributed by atoms with van der Waals surface area (Å²) in [6, 6.07) is 7.95. The van der Waals surface area contributed by atoms with Gasteiger partial charge in [0.1, 0.15) is 0 Å². The summed E-state index contributed by atoms with van der Waals surface area (Å²) in [5, 5.41) is 20.7. The maximum Gasteiger partial charge on any atom is 0.0830 e. The fourth-order valence-electron chi connectivity index (χ4n) is 2.72. The zero-order chi connectivity index (χ0) is 15.7. The second-order valence-corrected chi connectivity index (χ2v) is 5.91. The quantitative estimate of drug-likeness (QED) is 0.681. The third kappa shape index (κ3) is 6.03. The number of hydrogen-bond donors (Lipinski definition) is 2. The van der Waals surface area contributed by atoms with E-state index in [0.717, 1.165) is 49.7 Å². The molecule has 1 aromatic rings. The van der Waals surface area contributed by atoms with Crippen LogP contribution in [0.4, 0.5) is 0 Å². The van der Waals surface area contributed by atoms with Gasteiger partial charge in [-0.3, -0.25) is 0 Å². The van der Waals surface area contributed by atoms with Crippen molar-refractivity contribution in [2.45, 2.75) is 71.0 Å². The van der Waals surface area contributed by atoms with E-state index in [4.69, 9.17) is 0 Å². The average Bonchev–Trinajstić information content (AvgIpc) is 2.46. The van der Waals surface area contributed by atoms with Crippen LogP contribution >= 0.6 is 0 Å². The molecular weight excluding hydrogens is 260 g/mol. The topological polar surface area (TPSA) is 40.5 Å². The van der Waals surface area contributed by atoms with Gasteiger partial charge in [-0.25, -0.2) is 0 Å². The Morgan fingerprint density at radius 2 is 1.76 bits per heavy atom. The summed E-state index contributed by atoms with van der Waals surface area (Å²) >= 11 is 0. The predicted molar refractivity (Wildman–Crippen MR) is 90.1 cm³/mol. The van der Waals surface area contributed by atoms with Gasteiger partial charge in [0.15, 0.2) is 0 Å². The van der Waals surface area contributed by atoms with E-state index in [9.17, 15) is 10.2 Å². The average molecular weight is 290 g/mol. The van der Waals surface area contributed by atoms with Crippen LogP contribution in [0.1, 0.15) is 76.5 Å². The number of rotatable bonds is 9. The molecule has 0 saturated heterocycles. The highest BCUT2D eigenvalue weighted by Crippen LogP contribution is 2.24. The molecule has 21 heavy (non-hydrogen) atoms. The smallest absolute Gasteiger partial charge is 0.0830 e. The Bertz CT molecular complexity index is 431. The van der Waals surface area contributed by atoms with Crippen LogP contribution in [-0.4, -0.2) is 15.8 Å². The van der Waals surface area contributed by atoms with Gasteiger partial charge in [-0.2, -0.15) is 0 Å². The van der Waals surface area contributed by atoms with Crippen molar-refractivity contribution in [2.24, 2.45) is 0 Å². The summed E-state index contributed by atoms with van der Waals surface area (Å²) in [5.74, 6) is 0. The highest BCUT2D eigenvalue weighted by molar-refractivity contribution is 5.52. The largest absolute Gasteiger partial charge is 0.388 e. The van der Waals surface area contributed by atoms with Crippen LogP contribution in [0.3, 0.4) is 0 Å². The molecule has 0 amide bonds. The van der Waals surface area contributed by atoms with Crippen molar-refractivity contribution in [3.8, 4) is 0 Å². The molecule has 1 aromatic carbocycles. The van der Waals surface area contributed by atoms with Gasteiger partial charge >= 0.3 is 0 Å². The summed E-state index contributed by atoms with van der Waals surface area (Å²) < 4.78 is 0. The molecule has 0 fully saturated rings. The zero-order valence-electron chi connectivity index (χ0n) is 13.7. The van der Waals surface area contributed by atoms with Gasteiger partial charge in [-0.1, -0.05) is 70.4 Å². The zero-order valence-corrected chi connectivity index (χ0v) is 13.7. The van der Waals surface area contributed by atoms with E-state index in [1.54, 1.807) is 0 Å². The first-order chi connectivity index (χ1) is 10.0. The normalized spacial score (nSPS) is 13.8. The molecule has 0 aromatic heterocycles. The molecule has 2 nitrogen and oxygen atoms in total. The van der Waals surface area contributed by atoms with Crippen LogP contribution in [0.25, 0.3) is 6.08 Å². The van der Waals surface area contributed by atoms with Gasteiger partial charge in [0.05, 0.1) is 11.7 Å². The first-order valence-electron chi connectivity index (χ1n) is 8.24. The highest BCUT2D eigenvalue weighted by atomic mass is 16.3. The lowest BCUT2D eigenvalue weighted by Crippen LogP contribution is -2.24. The molecule has 0 saturated carbocycles. The van der Waals surface area contributed by atoms with Crippen molar-refractivity contribution in [2.75, 3.05) is 0 Å². The second kappa shape index (κ2) is 9.01. The van der Waals surface area contributed by atoms with Crippen LogP contribution in [0, 0.1) is 0 Å². The number of benzene rings is 1. The van der Waals surface area contributed by atoms with Gasteiger partial charge in [-0.05, 0) is 36.5 Å². The Labute approximate surface area is 129 Å². The first-order valence-corrected chi connectivity index (χ1v) is 8.24. The predicted octanol–water partition coefficient (Wildman–Crippen LogP) is 4.86. The first kappa shape index (κ1) is 17.9. The highest BCUT2D eigenvalue weighted by Gasteiger charge is 2.20. The van der Waals surface area contributed by atoms with Gasteiger partial charge < -0.3 is 10.2 Å². The fourth-order valence-corrected chi connectivity index (χ4v) is 2.72. The molecule has 1 unspecified atom stereocenters. The van der Waals surface area contributed by atoms with Crippen molar-refractivity contribution in [3.63, 3.8) is 0 Å². The summed E-state index contributed by atoms with van der Waals surface area (Å²) in [7, 11) is 0. The summed E-state index contributed by atoms with van der Waals surface area (Å²) in [4.78, 5) is 0. The Morgan fingerprint density at radius 3 is 2.33 bits per heavy atom. The van der Waals surface area contributed by atoms with E-state index < -0.39 is 11.7 Å². The summed E-state index contributed by atoms with van der Waals surface area (Å²) in [6.45, 7) is 6.26. The lowest BCUT2D eigenvalue weighted by Gasteiger charge is -2.23. The van der Waals surface area contributed by atoms with E-state index in [2.05, 4.69) is 20.8 Å². The van der Waals surface area contributed by atoms with Crippen molar-refractivity contribution in [3.05, 3.63) is 41.5 Å². The maximum absolute atomic E-state index is 10.6. The van der Waals surface area contributed by atoms with Crippen LogP contribution < -0.4 is 0 Å². The third-order valence-corrected chi connectivity index (χ3v) is 3.81. The van der Waals surface area contributed by atoms with Crippen LogP contribution in [0.15, 0.2) is 30.3 Å². The standard InChI is InChI=1S/C19H30O2/c1-4-8-18(20)17-10-7-9-16(15-17)11-14-19(21,12-5-2)13-6-3/h7,9-11,14-15,18,20-21H,4-6,8,12-13H2,1-3H3/b14-11+. The van der Waals surface area contributed by atoms with Gasteiger partial charge in [0.25, 0.3) is 0 Å². The van der Waals surface area contributed by atoms with Crippen LogP contribution in [-0.2, 0) is 0 Å². The molecule has 0 radical (unpaired) electrons. The molecule has 0 heterocycles. The third-order valence-electron chi connectivity index (χ3n) is 3.81. The molecule has 0 spiro atoms. The molecule has 0 aliphatic heterocycles. The van der Waals surface area contributed by atoms with Gasteiger partial charge in [-0.15, -0.1) is 0 Å². The van der Waals surface area contributed by atoms with Crippen molar-refractivity contribution in [1.82, 2.24) is 0 Å². The minimum atomic E-state index is -0.707. The summed E-state index contributed by atoms with van der Waals surface area (Å²) in [5.41, 5.74) is 1.28. The maximum atomic E-state index is 10.6. The SMILES string of the molecule is CCCC(O)c1cccc(/C=C/C(O)(CCC)CCC)c1. The molecule has 0 bridgehead atoms. The monoisotopic (exact) mass is 290 g/mol. The van der Waals surface area contributed by atoms with Crippen LogP contribution in [0.2, 0.25) is 0 Å². The molecule has 1 atom stereocenters. The Morgan fingerprint density at radius 1 is 1.10 bits per heavy atom. The Hall–Kier alpha value is -1.12. The van der Waals surface area contributed by atoms with E-state index in [1.807, 2.05) is 36.4 Å². The summed E-state index contributed by atoms with van der Waals surface area (Å²) in [6.07, 6.45) is 8.76. The van der Waals surface area contributed by atoms with E-state index in [1.165, 1.54) is 0 Å². The van der Waals surface area contributed by atoms with Crippen molar-refractivity contribution < 1.29 is 10.2 Å². The number of aliphatic hydroxyl groups excluding tert-OH is 1. The minimum Gasteiger partial charge on any atom is -0.388 e. The molecule has 0 aliphatic rings. The lowest BCUT2D eigenvalue weighted by molar-refractivity contribution is 0.0714. The Balaban J connectivity index is 2.85.